The lowest BCUT2D eigenvalue weighted by molar-refractivity contribution is -0.137. The molecule has 0 amide bonds. The molecule has 1 nitrogen and oxygen atoms in total. The first kappa shape index (κ1) is 15.6. The van der Waals surface area contributed by atoms with Crippen LogP contribution in [0.1, 0.15) is 30.4 Å². The highest BCUT2D eigenvalue weighted by atomic mass is 19.4. The Hall–Kier alpha value is -1.81. The van der Waals surface area contributed by atoms with E-state index in [0.717, 1.165) is 23.6 Å². The van der Waals surface area contributed by atoms with Gasteiger partial charge >= 0.3 is 6.18 Å². The number of rotatable bonds is 4. The first-order valence-corrected chi connectivity index (χ1v) is 6.89. The summed E-state index contributed by atoms with van der Waals surface area (Å²) >= 11 is 0. The van der Waals surface area contributed by atoms with E-state index in [-0.39, 0.29) is 0 Å². The molecule has 1 unspecified atom stereocenters. The number of alkyl halides is 3. The molecular formula is C17H18F3N. The van der Waals surface area contributed by atoms with Gasteiger partial charge in [-0.3, -0.25) is 0 Å². The molecule has 0 bridgehead atoms. The molecule has 2 rings (SSSR count). The summed E-state index contributed by atoms with van der Waals surface area (Å²) in [4.78, 5) is 0. The van der Waals surface area contributed by atoms with E-state index in [2.05, 4.69) is 6.92 Å². The van der Waals surface area contributed by atoms with Gasteiger partial charge in [-0.2, -0.15) is 13.2 Å². The molecular weight excluding hydrogens is 275 g/mol. The third kappa shape index (κ3) is 3.85. The Morgan fingerprint density at radius 3 is 2.24 bits per heavy atom. The molecule has 0 aliphatic heterocycles. The fourth-order valence-electron chi connectivity index (χ4n) is 2.30. The Bertz CT molecular complexity index is 588. The normalized spacial score (nSPS) is 13.2. The average molecular weight is 293 g/mol. The van der Waals surface area contributed by atoms with E-state index in [1.807, 2.05) is 24.3 Å². The van der Waals surface area contributed by atoms with Crippen LogP contribution in [0.2, 0.25) is 0 Å². The lowest BCUT2D eigenvalue weighted by atomic mass is 9.95. The van der Waals surface area contributed by atoms with Crippen molar-refractivity contribution in [2.45, 2.75) is 25.4 Å². The molecule has 112 valence electrons. The van der Waals surface area contributed by atoms with Gasteiger partial charge in [-0.05, 0) is 47.7 Å². The van der Waals surface area contributed by atoms with Gasteiger partial charge in [0.15, 0.2) is 0 Å². The Kier molecular flexibility index (Phi) is 4.68. The summed E-state index contributed by atoms with van der Waals surface area (Å²) in [6, 6.07) is 13.0. The highest BCUT2D eigenvalue weighted by Gasteiger charge is 2.30. The Morgan fingerprint density at radius 2 is 1.67 bits per heavy atom. The number of hydrogen-bond donors (Lipinski definition) is 1. The molecule has 2 aromatic carbocycles. The predicted octanol–water partition coefficient (Wildman–Crippen LogP) is 4.82. The van der Waals surface area contributed by atoms with E-state index < -0.39 is 11.7 Å². The second-order valence-corrected chi connectivity index (χ2v) is 5.18. The van der Waals surface area contributed by atoms with Gasteiger partial charge in [0.2, 0.25) is 0 Å². The zero-order chi connectivity index (χ0) is 15.5. The Morgan fingerprint density at radius 1 is 1.00 bits per heavy atom. The lowest BCUT2D eigenvalue weighted by Crippen LogP contribution is -2.05. The van der Waals surface area contributed by atoms with Gasteiger partial charge in [-0.25, -0.2) is 0 Å². The maximum absolute atomic E-state index is 12.7. The van der Waals surface area contributed by atoms with Crippen molar-refractivity contribution in [1.82, 2.24) is 0 Å². The zero-order valence-electron chi connectivity index (χ0n) is 11.8. The van der Waals surface area contributed by atoms with Crippen molar-refractivity contribution in [1.29, 1.82) is 0 Å². The number of halogens is 3. The van der Waals surface area contributed by atoms with Crippen LogP contribution in [0.15, 0.2) is 48.5 Å². The van der Waals surface area contributed by atoms with Crippen molar-refractivity contribution in [2.75, 3.05) is 6.54 Å². The zero-order valence-corrected chi connectivity index (χ0v) is 11.8. The molecule has 1 atom stereocenters. The van der Waals surface area contributed by atoms with Gasteiger partial charge in [0.05, 0.1) is 5.56 Å². The molecule has 0 radical (unpaired) electrons. The van der Waals surface area contributed by atoms with Crippen LogP contribution in [-0.2, 0) is 6.18 Å². The topological polar surface area (TPSA) is 26.0 Å². The summed E-state index contributed by atoms with van der Waals surface area (Å²) in [5.41, 5.74) is 7.42. The minimum atomic E-state index is -4.31. The predicted molar refractivity (Wildman–Crippen MR) is 79.0 cm³/mol. The maximum atomic E-state index is 12.7. The van der Waals surface area contributed by atoms with Crippen LogP contribution in [0, 0.1) is 0 Å². The third-order valence-electron chi connectivity index (χ3n) is 3.60. The van der Waals surface area contributed by atoms with Crippen molar-refractivity contribution < 1.29 is 13.2 Å². The monoisotopic (exact) mass is 293 g/mol. The molecule has 0 fully saturated rings. The van der Waals surface area contributed by atoms with E-state index in [1.54, 1.807) is 6.07 Å². The molecule has 2 N–H and O–H groups in total. The fourth-order valence-corrected chi connectivity index (χ4v) is 2.30. The van der Waals surface area contributed by atoms with Gasteiger partial charge in [0.1, 0.15) is 0 Å². The third-order valence-corrected chi connectivity index (χ3v) is 3.60. The van der Waals surface area contributed by atoms with Crippen LogP contribution < -0.4 is 5.73 Å². The molecule has 2 aromatic rings. The van der Waals surface area contributed by atoms with Crippen LogP contribution in [0.4, 0.5) is 13.2 Å². The van der Waals surface area contributed by atoms with E-state index in [1.165, 1.54) is 12.1 Å². The van der Waals surface area contributed by atoms with Crippen molar-refractivity contribution >= 4 is 0 Å². The Balaban J connectivity index is 2.27. The summed E-state index contributed by atoms with van der Waals surface area (Å²) in [7, 11) is 0. The molecule has 0 saturated carbocycles. The van der Waals surface area contributed by atoms with Gasteiger partial charge in [0, 0.05) is 0 Å². The van der Waals surface area contributed by atoms with Crippen molar-refractivity contribution in [3.63, 3.8) is 0 Å². The fraction of sp³-hybridized carbons (Fsp3) is 0.294. The summed E-state index contributed by atoms with van der Waals surface area (Å²) < 4.78 is 38.2. The standard InChI is InChI=1S/C17H18F3N/c1-12(9-10-21)13-5-7-14(8-6-13)15-3-2-4-16(11-15)17(18,19)20/h2-8,11-12H,9-10,21H2,1H3. The van der Waals surface area contributed by atoms with Gasteiger partial charge in [-0.1, -0.05) is 43.3 Å². The minimum Gasteiger partial charge on any atom is -0.330 e. The molecule has 0 heterocycles. The van der Waals surface area contributed by atoms with Crippen molar-refractivity contribution in [2.24, 2.45) is 5.73 Å². The SMILES string of the molecule is CC(CCN)c1ccc(-c2cccc(C(F)(F)F)c2)cc1. The van der Waals surface area contributed by atoms with Crippen molar-refractivity contribution in [3.05, 3.63) is 59.7 Å². The molecule has 0 aliphatic carbocycles. The van der Waals surface area contributed by atoms with Crippen LogP contribution in [0.5, 0.6) is 0 Å². The molecule has 4 heteroatoms. The number of benzene rings is 2. The van der Waals surface area contributed by atoms with E-state index in [0.29, 0.717) is 18.0 Å². The molecule has 0 aliphatic rings. The highest BCUT2D eigenvalue weighted by molar-refractivity contribution is 5.64. The van der Waals surface area contributed by atoms with Gasteiger partial charge < -0.3 is 5.73 Å². The van der Waals surface area contributed by atoms with Gasteiger partial charge in [-0.15, -0.1) is 0 Å². The lowest BCUT2D eigenvalue weighted by Gasteiger charge is -2.12. The molecule has 0 saturated heterocycles. The van der Waals surface area contributed by atoms with Gasteiger partial charge in [0.25, 0.3) is 0 Å². The largest absolute Gasteiger partial charge is 0.416 e. The van der Waals surface area contributed by atoms with Crippen molar-refractivity contribution in [3.8, 4) is 11.1 Å². The summed E-state index contributed by atoms with van der Waals surface area (Å²) in [6.45, 7) is 2.71. The summed E-state index contributed by atoms with van der Waals surface area (Å²) in [5.74, 6) is 0.352. The maximum Gasteiger partial charge on any atom is 0.416 e. The highest BCUT2D eigenvalue weighted by Crippen LogP contribution is 2.32. The molecule has 0 aromatic heterocycles. The number of nitrogens with two attached hydrogens (primary N) is 1. The molecule has 0 spiro atoms. The second-order valence-electron chi connectivity index (χ2n) is 5.18. The number of hydrogen-bond acceptors (Lipinski definition) is 1. The van der Waals surface area contributed by atoms with Crippen LogP contribution in [0.3, 0.4) is 0 Å². The molecule has 21 heavy (non-hydrogen) atoms. The quantitative estimate of drug-likeness (QED) is 0.859. The second kappa shape index (κ2) is 6.31. The van der Waals surface area contributed by atoms with E-state index in [9.17, 15) is 13.2 Å². The smallest absolute Gasteiger partial charge is 0.330 e. The summed E-state index contributed by atoms with van der Waals surface area (Å²) in [6.07, 6.45) is -3.42. The first-order valence-electron chi connectivity index (χ1n) is 6.89. The van der Waals surface area contributed by atoms with E-state index >= 15 is 0 Å². The summed E-state index contributed by atoms with van der Waals surface area (Å²) in [5, 5.41) is 0. The van der Waals surface area contributed by atoms with Crippen LogP contribution in [0.25, 0.3) is 11.1 Å². The average Bonchev–Trinajstić information content (AvgIpc) is 2.47. The minimum absolute atomic E-state index is 0.352. The van der Waals surface area contributed by atoms with Crippen LogP contribution in [-0.4, -0.2) is 6.54 Å². The van der Waals surface area contributed by atoms with E-state index in [4.69, 9.17) is 5.73 Å². The first-order chi connectivity index (χ1) is 9.91. The Labute approximate surface area is 122 Å². The van der Waals surface area contributed by atoms with Crippen LogP contribution >= 0.6 is 0 Å².